The van der Waals surface area contributed by atoms with Crippen molar-refractivity contribution in [3.8, 4) is 23.7 Å². The van der Waals surface area contributed by atoms with Crippen LogP contribution in [-0.4, -0.2) is 62.0 Å². The summed E-state index contributed by atoms with van der Waals surface area (Å²) in [5.74, 6) is 10.7. The summed E-state index contributed by atoms with van der Waals surface area (Å²) >= 11 is 0. The summed E-state index contributed by atoms with van der Waals surface area (Å²) in [6.07, 6.45) is 55.1. The van der Waals surface area contributed by atoms with E-state index < -0.39 is 23.1 Å². The van der Waals surface area contributed by atoms with Crippen molar-refractivity contribution in [2.24, 2.45) is 0 Å². The summed E-state index contributed by atoms with van der Waals surface area (Å²) in [6.45, 7) is 15.0. The molecule has 6 aromatic rings. The second kappa shape index (κ2) is 42.3. The summed E-state index contributed by atoms with van der Waals surface area (Å²) in [6, 6.07) is 27.5. The normalized spacial score (nSPS) is 17.0. The van der Waals surface area contributed by atoms with Crippen LogP contribution in [-0.2, 0) is 74.1 Å². The average Bonchev–Trinajstić information content (AvgIpc) is 1.59. The first-order chi connectivity index (χ1) is 49.4. The molecular weight excluding hydrogens is 1240 g/mol. The highest BCUT2D eigenvalue weighted by Crippen LogP contribution is 2.46. The van der Waals surface area contributed by atoms with Gasteiger partial charge in [-0.25, -0.2) is 0 Å². The van der Waals surface area contributed by atoms with E-state index in [0.717, 1.165) is 95.7 Å². The lowest BCUT2D eigenvalue weighted by molar-refractivity contribution is -0.172. The third-order valence-corrected chi connectivity index (χ3v) is 22.7. The van der Waals surface area contributed by atoms with Gasteiger partial charge >= 0.3 is 0 Å². The van der Waals surface area contributed by atoms with Crippen molar-refractivity contribution in [1.82, 2.24) is 9.13 Å². The van der Waals surface area contributed by atoms with Crippen molar-refractivity contribution in [1.29, 1.82) is 0 Å². The molecule has 4 fully saturated rings. The zero-order valence-corrected chi connectivity index (χ0v) is 63.3. The zero-order valence-electron chi connectivity index (χ0n) is 63.3. The number of hydrogen-bond acceptors (Lipinski definition) is 8. The molecule has 4 aliphatic rings. The maximum absolute atomic E-state index is 6.68. The van der Waals surface area contributed by atoms with Crippen LogP contribution in [0.4, 0.5) is 0 Å². The molecule has 4 aromatic carbocycles. The molecule has 550 valence electrons. The molecule has 100 heavy (non-hydrogen) atoms. The van der Waals surface area contributed by atoms with E-state index in [1.54, 1.807) is 0 Å². The summed E-state index contributed by atoms with van der Waals surface area (Å²) in [4.78, 5) is 0. The van der Waals surface area contributed by atoms with Gasteiger partial charge in [0.25, 0.3) is 0 Å². The van der Waals surface area contributed by atoms with Gasteiger partial charge < -0.3 is 47.0 Å². The molecule has 0 radical (unpaired) electrons. The van der Waals surface area contributed by atoms with Gasteiger partial charge in [0.1, 0.15) is 0 Å². The second-order valence-electron chi connectivity index (χ2n) is 30.2. The first-order valence-electron chi connectivity index (χ1n) is 41.6. The van der Waals surface area contributed by atoms with Crippen molar-refractivity contribution in [2.75, 3.05) is 52.9 Å². The molecule has 0 amide bonds. The average molecular weight is 1370 g/mol. The molecule has 0 N–H and O–H groups in total. The van der Waals surface area contributed by atoms with E-state index in [1.165, 1.54) is 253 Å². The second-order valence-corrected chi connectivity index (χ2v) is 30.2. The molecule has 0 unspecified atom stereocenters. The minimum Gasteiger partial charge on any atom is -0.343 e. The highest BCUT2D eigenvalue weighted by molar-refractivity contribution is 6.09. The van der Waals surface area contributed by atoms with Gasteiger partial charge in [-0.05, 0) is 86.1 Å². The number of unbranched alkanes of at least 4 members (excludes halogenated alkanes) is 36. The van der Waals surface area contributed by atoms with Crippen molar-refractivity contribution >= 4 is 43.6 Å². The van der Waals surface area contributed by atoms with Crippen LogP contribution in [0, 0.1) is 23.7 Å². The number of ether oxygens (including phenoxy) is 8. The first kappa shape index (κ1) is 77.9. The van der Waals surface area contributed by atoms with Gasteiger partial charge in [-0.15, -0.1) is 0 Å². The monoisotopic (exact) mass is 1370 g/mol. The largest absolute Gasteiger partial charge is 0.343 e. The van der Waals surface area contributed by atoms with Gasteiger partial charge in [-0.2, -0.15) is 0 Å². The minimum atomic E-state index is -0.759. The Hall–Kier alpha value is -4.72. The fraction of sp³-hybridized carbons (Fsp3) is 0.689. The summed E-state index contributed by atoms with van der Waals surface area (Å²) in [5, 5.41) is 4.67. The zero-order chi connectivity index (χ0) is 69.2. The van der Waals surface area contributed by atoms with Crippen molar-refractivity contribution in [3.05, 3.63) is 95.1 Å². The van der Waals surface area contributed by atoms with E-state index in [9.17, 15) is 0 Å². The highest BCUT2D eigenvalue weighted by Gasteiger charge is 2.42. The molecule has 0 aliphatic carbocycles. The predicted octanol–water partition coefficient (Wildman–Crippen LogP) is 24.7. The Balaban J connectivity index is 0.899. The van der Waals surface area contributed by atoms with Gasteiger partial charge in [0.2, 0.25) is 0 Å². The fourth-order valence-electron chi connectivity index (χ4n) is 16.8. The van der Waals surface area contributed by atoms with Crippen molar-refractivity contribution in [2.45, 2.75) is 346 Å². The number of hydrogen-bond donors (Lipinski definition) is 0. The van der Waals surface area contributed by atoms with Crippen LogP contribution in [0.3, 0.4) is 0 Å². The fourth-order valence-corrected chi connectivity index (χ4v) is 16.8. The maximum atomic E-state index is 6.68. The lowest BCUT2D eigenvalue weighted by Gasteiger charge is -2.28. The summed E-state index contributed by atoms with van der Waals surface area (Å²) < 4.78 is 58.2. The van der Waals surface area contributed by atoms with E-state index >= 15 is 0 Å². The maximum Gasteiger partial charge on any atom is 0.195 e. The lowest BCUT2D eigenvalue weighted by Crippen LogP contribution is -2.27. The van der Waals surface area contributed by atoms with Gasteiger partial charge in [0, 0.05) is 91.5 Å². The van der Waals surface area contributed by atoms with E-state index in [2.05, 4.69) is 133 Å². The van der Waals surface area contributed by atoms with Crippen LogP contribution in [0.1, 0.15) is 332 Å². The van der Waals surface area contributed by atoms with E-state index in [1.807, 2.05) is 0 Å². The lowest BCUT2D eigenvalue weighted by atomic mass is 9.94. The summed E-state index contributed by atoms with van der Waals surface area (Å²) in [5.41, 5.74) is 8.88. The SMILES string of the molecule is CCCCCCCCCCCCC1(c2ccc3c(c2)c2cc(C4(CCCCCCCCCCCC)OCCO4)ccc2n3CC#CC#CCn2c3ccc(C4(CCCCCCCCCCCC)OCCO4)cc3c3cc(C4(CCCCCCCCCCCC)OCCO4)ccc32)OCCO1. The number of aromatic nitrogens is 2. The van der Waals surface area contributed by atoms with Crippen molar-refractivity contribution < 1.29 is 37.9 Å². The standard InChI is InChI=1S/C90H132N2O8/c1-5-9-13-17-21-25-29-33-37-43-57-87(93-63-64-94-87)75-49-53-83-79(71-75)80-72-76(88(95-65-66-96-88)58-44-38-34-30-26-22-18-14-10-6-2)50-54-84(80)91(83)61-47-41-42-48-62-92-85-55-51-77(89(97-67-68-98-89)59-45-39-35-31-27-23-19-15-11-7-3)73-81(85)82-74-78(52-56-86(82)92)90(99-69-70-100-90)60-46-40-36-32-28-24-20-16-12-8-4/h49-56,71-74H,5-40,43-46,57-70H2,1-4H3. The molecule has 6 heterocycles. The van der Waals surface area contributed by atoms with Crippen LogP contribution in [0.5, 0.6) is 0 Å². The molecule has 0 atom stereocenters. The Morgan fingerprint density at radius 3 is 0.620 bits per heavy atom. The van der Waals surface area contributed by atoms with Crippen LogP contribution in [0.25, 0.3) is 43.6 Å². The van der Waals surface area contributed by atoms with E-state index in [4.69, 9.17) is 37.9 Å². The molecule has 0 saturated carbocycles. The van der Waals surface area contributed by atoms with Crippen molar-refractivity contribution in [3.63, 3.8) is 0 Å². The van der Waals surface area contributed by atoms with Crippen LogP contribution < -0.4 is 0 Å². The van der Waals surface area contributed by atoms with Crippen LogP contribution >= 0.6 is 0 Å². The Morgan fingerprint density at radius 1 is 0.250 bits per heavy atom. The Labute approximate surface area is 605 Å². The third-order valence-electron chi connectivity index (χ3n) is 22.7. The molecule has 0 bridgehead atoms. The minimum absolute atomic E-state index is 0.484. The van der Waals surface area contributed by atoms with Gasteiger partial charge in [0.05, 0.1) is 65.9 Å². The Kier molecular flexibility index (Phi) is 32.9. The molecule has 0 spiro atoms. The Morgan fingerprint density at radius 2 is 0.430 bits per heavy atom. The Bertz CT molecular complexity index is 3030. The van der Waals surface area contributed by atoms with E-state index in [0.29, 0.717) is 65.9 Å². The third kappa shape index (κ3) is 21.5. The predicted molar refractivity (Wildman–Crippen MR) is 415 cm³/mol. The number of fused-ring (bicyclic) bond motifs is 6. The molecule has 10 nitrogen and oxygen atoms in total. The smallest absolute Gasteiger partial charge is 0.195 e. The van der Waals surface area contributed by atoms with Crippen LogP contribution in [0.15, 0.2) is 72.8 Å². The molecule has 10 rings (SSSR count). The first-order valence-corrected chi connectivity index (χ1v) is 41.6. The van der Waals surface area contributed by atoms with Gasteiger partial charge in [0.15, 0.2) is 23.1 Å². The van der Waals surface area contributed by atoms with Gasteiger partial charge in [-0.3, -0.25) is 0 Å². The molecule has 10 heteroatoms. The van der Waals surface area contributed by atoms with E-state index in [-0.39, 0.29) is 0 Å². The number of benzene rings is 4. The molecule has 4 aliphatic heterocycles. The number of nitrogens with zero attached hydrogens (tertiary/aromatic N) is 2. The molecular formula is C90H132N2O8. The highest BCUT2D eigenvalue weighted by atomic mass is 16.8. The van der Waals surface area contributed by atoms with Gasteiger partial charge in [-0.1, -0.05) is 295 Å². The number of rotatable bonds is 50. The summed E-state index contributed by atoms with van der Waals surface area (Å²) in [7, 11) is 0. The molecule has 4 saturated heterocycles. The molecule has 2 aromatic heterocycles. The van der Waals surface area contributed by atoms with Crippen LogP contribution in [0.2, 0.25) is 0 Å². The topological polar surface area (TPSA) is 83.7 Å². The quantitative estimate of drug-likeness (QED) is 0.0276.